The third-order valence-electron chi connectivity index (χ3n) is 3.68. The molecular weight excluding hydrogens is 322 g/mol. The van der Waals surface area contributed by atoms with E-state index in [-0.39, 0.29) is 23.5 Å². The van der Waals surface area contributed by atoms with Gasteiger partial charge in [0.05, 0.1) is 4.90 Å². The normalized spacial score (nSPS) is 12.2. The van der Waals surface area contributed by atoms with Gasteiger partial charge in [-0.2, -0.15) is 0 Å². The molecular formula is C19H25NO3S. The van der Waals surface area contributed by atoms with Crippen LogP contribution in [0.2, 0.25) is 0 Å². The third-order valence-corrected chi connectivity index (χ3v) is 5.14. The summed E-state index contributed by atoms with van der Waals surface area (Å²) in [6.45, 7) is 8.83. The van der Waals surface area contributed by atoms with Crippen LogP contribution in [0.3, 0.4) is 0 Å². The van der Waals surface area contributed by atoms with Crippen LogP contribution >= 0.6 is 0 Å². The van der Waals surface area contributed by atoms with E-state index in [0.29, 0.717) is 0 Å². The molecule has 0 aliphatic carbocycles. The number of ether oxygens (including phenoxy) is 1. The van der Waals surface area contributed by atoms with Gasteiger partial charge in [-0.1, -0.05) is 45.0 Å². The Morgan fingerprint density at radius 2 is 1.71 bits per heavy atom. The standard InChI is InChI=1S/C19H25NO3S/c1-15-6-5-7-18(14-15)24(21,22)20-12-13-23-17-10-8-16(9-11-17)19(2,3)4/h5-11,14,20H,12-13H2,1-4H3. The summed E-state index contributed by atoms with van der Waals surface area (Å²) in [5, 5.41) is 0. The highest BCUT2D eigenvalue weighted by Gasteiger charge is 2.14. The van der Waals surface area contributed by atoms with Gasteiger partial charge in [-0.3, -0.25) is 0 Å². The van der Waals surface area contributed by atoms with Crippen molar-refractivity contribution in [2.75, 3.05) is 13.2 Å². The predicted molar refractivity (Wildman–Crippen MR) is 97.0 cm³/mol. The first-order chi connectivity index (χ1) is 11.2. The molecule has 2 aromatic rings. The molecule has 130 valence electrons. The smallest absolute Gasteiger partial charge is 0.240 e. The fourth-order valence-corrected chi connectivity index (χ4v) is 3.38. The number of aryl methyl sites for hydroxylation is 1. The fraction of sp³-hybridized carbons (Fsp3) is 0.368. The Hall–Kier alpha value is -1.85. The summed E-state index contributed by atoms with van der Waals surface area (Å²) in [4.78, 5) is 0.275. The van der Waals surface area contributed by atoms with Crippen LogP contribution in [0.25, 0.3) is 0 Å². The quantitative estimate of drug-likeness (QED) is 0.812. The van der Waals surface area contributed by atoms with E-state index in [1.807, 2.05) is 37.3 Å². The zero-order valence-corrected chi connectivity index (χ0v) is 15.5. The summed E-state index contributed by atoms with van der Waals surface area (Å²) in [7, 11) is -3.49. The van der Waals surface area contributed by atoms with Crippen molar-refractivity contribution in [2.24, 2.45) is 0 Å². The summed E-state index contributed by atoms with van der Waals surface area (Å²) >= 11 is 0. The van der Waals surface area contributed by atoms with E-state index in [0.717, 1.165) is 11.3 Å². The van der Waals surface area contributed by atoms with Crippen LogP contribution < -0.4 is 9.46 Å². The molecule has 0 aliphatic heterocycles. The van der Waals surface area contributed by atoms with Gasteiger partial charge in [0.1, 0.15) is 12.4 Å². The molecule has 0 saturated carbocycles. The number of sulfonamides is 1. The predicted octanol–water partition coefficient (Wildman–Crippen LogP) is 3.65. The summed E-state index contributed by atoms with van der Waals surface area (Å²) < 4.78 is 32.5. The van der Waals surface area contributed by atoms with Gasteiger partial charge >= 0.3 is 0 Å². The van der Waals surface area contributed by atoms with Gasteiger partial charge in [0, 0.05) is 6.54 Å². The second-order valence-corrected chi connectivity index (χ2v) is 8.60. The molecule has 0 fully saturated rings. The van der Waals surface area contributed by atoms with E-state index < -0.39 is 10.0 Å². The minimum Gasteiger partial charge on any atom is -0.492 e. The summed E-state index contributed by atoms with van der Waals surface area (Å²) in [5.41, 5.74) is 2.24. The van der Waals surface area contributed by atoms with Crippen molar-refractivity contribution < 1.29 is 13.2 Å². The Bertz CT molecular complexity index is 775. The number of hydrogen-bond donors (Lipinski definition) is 1. The highest BCUT2D eigenvalue weighted by atomic mass is 32.2. The van der Waals surface area contributed by atoms with Crippen molar-refractivity contribution in [1.82, 2.24) is 4.72 Å². The first-order valence-corrected chi connectivity index (χ1v) is 9.46. The number of nitrogens with one attached hydrogen (secondary N) is 1. The highest BCUT2D eigenvalue weighted by Crippen LogP contribution is 2.24. The first kappa shape index (κ1) is 18.5. The lowest BCUT2D eigenvalue weighted by Crippen LogP contribution is -2.28. The van der Waals surface area contributed by atoms with Crippen LogP contribution in [0.4, 0.5) is 0 Å². The SMILES string of the molecule is Cc1cccc(S(=O)(=O)NCCOc2ccc(C(C)(C)C)cc2)c1. The van der Waals surface area contributed by atoms with Crippen molar-refractivity contribution in [3.05, 3.63) is 59.7 Å². The van der Waals surface area contributed by atoms with Gasteiger partial charge in [-0.05, 0) is 47.7 Å². The maximum Gasteiger partial charge on any atom is 0.240 e. The molecule has 1 N–H and O–H groups in total. The minimum atomic E-state index is -3.49. The molecule has 0 unspecified atom stereocenters. The van der Waals surface area contributed by atoms with E-state index in [1.54, 1.807) is 18.2 Å². The van der Waals surface area contributed by atoms with Gasteiger partial charge < -0.3 is 4.74 Å². The topological polar surface area (TPSA) is 55.4 Å². The third kappa shape index (κ3) is 5.08. The minimum absolute atomic E-state index is 0.0992. The second-order valence-electron chi connectivity index (χ2n) is 6.84. The highest BCUT2D eigenvalue weighted by molar-refractivity contribution is 7.89. The molecule has 2 rings (SSSR count). The maximum absolute atomic E-state index is 12.2. The maximum atomic E-state index is 12.2. The van der Waals surface area contributed by atoms with Crippen LogP contribution in [0.1, 0.15) is 31.9 Å². The van der Waals surface area contributed by atoms with E-state index in [9.17, 15) is 8.42 Å². The zero-order chi connectivity index (χ0) is 17.8. The van der Waals surface area contributed by atoms with Crippen LogP contribution in [0.5, 0.6) is 5.75 Å². The lowest BCUT2D eigenvalue weighted by atomic mass is 9.87. The Balaban J connectivity index is 1.86. The molecule has 0 amide bonds. The lowest BCUT2D eigenvalue weighted by molar-refractivity contribution is 0.322. The molecule has 0 radical (unpaired) electrons. The van der Waals surface area contributed by atoms with Gasteiger partial charge in [0.25, 0.3) is 0 Å². The van der Waals surface area contributed by atoms with Crippen LogP contribution in [-0.2, 0) is 15.4 Å². The van der Waals surface area contributed by atoms with Crippen molar-refractivity contribution >= 4 is 10.0 Å². The van der Waals surface area contributed by atoms with Gasteiger partial charge in [-0.25, -0.2) is 13.1 Å². The fourth-order valence-electron chi connectivity index (χ4n) is 2.26. The van der Waals surface area contributed by atoms with Crippen molar-refractivity contribution in [3.8, 4) is 5.75 Å². The van der Waals surface area contributed by atoms with Gasteiger partial charge in [0.2, 0.25) is 10.0 Å². The lowest BCUT2D eigenvalue weighted by Gasteiger charge is -2.19. The van der Waals surface area contributed by atoms with Crippen molar-refractivity contribution in [3.63, 3.8) is 0 Å². The molecule has 5 heteroatoms. The van der Waals surface area contributed by atoms with E-state index in [1.165, 1.54) is 5.56 Å². The summed E-state index contributed by atoms with van der Waals surface area (Å²) in [6, 6.07) is 14.7. The molecule has 24 heavy (non-hydrogen) atoms. The molecule has 0 heterocycles. The van der Waals surface area contributed by atoms with E-state index in [4.69, 9.17) is 4.74 Å². The van der Waals surface area contributed by atoms with Crippen molar-refractivity contribution in [1.29, 1.82) is 0 Å². The molecule has 0 spiro atoms. The summed E-state index contributed by atoms with van der Waals surface area (Å²) in [6.07, 6.45) is 0. The molecule has 0 bridgehead atoms. The molecule has 0 atom stereocenters. The number of benzene rings is 2. The van der Waals surface area contributed by atoms with Crippen LogP contribution in [0.15, 0.2) is 53.4 Å². The largest absolute Gasteiger partial charge is 0.492 e. The first-order valence-electron chi connectivity index (χ1n) is 7.98. The Kier molecular flexibility index (Phi) is 5.67. The Morgan fingerprint density at radius 3 is 2.29 bits per heavy atom. The summed E-state index contributed by atoms with van der Waals surface area (Å²) in [5.74, 6) is 0.734. The monoisotopic (exact) mass is 347 g/mol. The van der Waals surface area contributed by atoms with Crippen molar-refractivity contribution in [2.45, 2.75) is 38.0 Å². The Morgan fingerprint density at radius 1 is 1.04 bits per heavy atom. The van der Waals surface area contributed by atoms with E-state index >= 15 is 0 Å². The van der Waals surface area contributed by atoms with Gasteiger partial charge in [0.15, 0.2) is 0 Å². The Labute approximate surface area is 144 Å². The van der Waals surface area contributed by atoms with E-state index in [2.05, 4.69) is 25.5 Å². The molecule has 0 aliphatic rings. The second kappa shape index (κ2) is 7.36. The van der Waals surface area contributed by atoms with Gasteiger partial charge in [-0.15, -0.1) is 0 Å². The molecule has 4 nitrogen and oxygen atoms in total. The van der Waals surface area contributed by atoms with Crippen LogP contribution in [-0.4, -0.2) is 21.6 Å². The number of hydrogen-bond acceptors (Lipinski definition) is 3. The number of rotatable bonds is 6. The van der Waals surface area contributed by atoms with Crippen LogP contribution in [0, 0.1) is 6.92 Å². The average Bonchev–Trinajstić information content (AvgIpc) is 2.51. The molecule has 0 saturated heterocycles. The molecule has 2 aromatic carbocycles. The average molecular weight is 347 g/mol. The molecule has 0 aromatic heterocycles. The zero-order valence-electron chi connectivity index (χ0n) is 14.7.